The van der Waals surface area contributed by atoms with Crippen LogP contribution in [0.25, 0.3) is 0 Å². The molecule has 0 spiro atoms. The van der Waals surface area contributed by atoms with Gasteiger partial charge in [0, 0.05) is 25.6 Å². The van der Waals surface area contributed by atoms with Gasteiger partial charge >= 0.3 is 0 Å². The minimum Gasteiger partial charge on any atom is -0.504 e. The SMILES string of the molecule is COc1cc(CN2C[C@@H]3CC[C@@](O)(c4ccc(F)cc4)[C@H]3C2)ccc1O. The molecule has 2 fully saturated rings. The molecule has 4 nitrogen and oxygen atoms in total. The number of halogens is 1. The summed E-state index contributed by atoms with van der Waals surface area (Å²) in [6.07, 6.45) is 1.71. The van der Waals surface area contributed by atoms with Gasteiger partial charge in [-0.25, -0.2) is 4.39 Å². The van der Waals surface area contributed by atoms with Crippen molar-refractivity contribution < 1.29 is 19.3 Å². The Kier molecular flexibility index (Phi) is 4.37. The van der Waals surface area contributed by atoms with E-state index in [0.29, 0.717) is 11.7 Å². The molecule has 2 N–H and O–H groups in total. The molecule has 4 rings (SSSR count). The monoisotopic (exact) mass is 357 g/mol. The maximum Gasteiger partial charge on any atom is 0.160 e. The summed E-state index contributed by atoms with van der Waals surface area (Å²) in [4.78, 5) is 2.34. The number of rotatable bonds is 4. The number of nitrogens with zero attached hydrogens (tertiary/aromatic N) is 1. The molecular formula is C21H24FNO3. The van der Waals surface area contributed by atoms with Gasteiger partial charge in [0.05, 0.1) is 12.7 Å². The van der Waals surface area contributed by atoms with E-state index in [0.717, 1.165) is 43.6 Å². The maximum atomic E-state index is 13.2. The lowest BCUT2D eigenvalue weighted by molar-refractivity contribution is -0.00688. The molecular weight excluding hydrogens is 333 g/mol. The molecule has 2 aromatic rings. The molecule has 0 unspecified atom stereocenters. The second kappa shape index (κ2) is 6.56. The molecule has 5 heteroatoms. The van der Waals surface area contributed by atoms with Gasteiger partial charge in [-0.1, -0.05) is 18.2 Å². The van der Waals surface area contributed by atoms with Gasteiger partial charge in [0.2, 0.25) is 0 Å². The standard InChI is InChI=1S/C21H24FNO3/c1-26-20-10-14(2-7-19(20)24)11-23-12-15-8-9-21(25,18(15)13-23)16-3-5-17(22)6-4-16/h2-7,10,15,18,24-25H,8-9,11-13H2,1H3/t15-,18-,21+/m0/s1. The predicted molar refractivity (Wildman–Crippen MR) is 96.4 cm³/mol. The second-order valence-electron chi connectivity index (χ2n) is 7.54. The molecule has 1 aliphatic heterocycles. The molecule has 1 saturated carbocycles. The van der Waals surface area contributed by atoms with Crippen LogP contribution in [-0.4, -0.2) is 35.3 Å². The van der Waals surface area contributed by atoms with Crippen molar-refractivity contribution in [3.8, 4) is 11.5 Å². The fourth-order valence-electron chi connectivity index (χ4n) is 4.69. The Morgan fingerprint density at radius 3 is 2.69 bits per heavy atom. The third kappa shape index (κ3) is 2.95. The average Bonchev–Trinajstić information content (AvgIpc) is 3.18. The topological polar surface area (TPSA) is 52.9 Å². The molecule has 3 atom stereocenters. The molecule has 0 amide bonds. The van der Waals surface area contributed by atoms with Crippen molar-refractivity contribution in [1.29, 1.82) is 0 Å². The van der Waals surface area contributed by atoms with Crippen LogP contribution in [0.3, 0.4) is 0 Å². The largest absolute Gasteiger partial charge is 0.504 e. The normalized spacial score (nSPS) is 28.3. The molecule has 26 heavy (non-hydrogen) atoms. The van der Waals surface area contributed by atoms with Crippen molar-refractivity contribution in [3.05, 3.63) is 59.4 Å². The summed E-state index contributed by atoms with van der Waals surface area (Å²) >= 11 is 0. The minimum atomic E-state index is -0.875. The zero-order valence-electron chi connectivity index (χ0n) is 14.9. The summed E-state index contributed by atoms with van der Waals surface area (Å²) in [5.41, 5.74) is 1.02. The smallest absolute Gasteiger partial charge is 0.160 e. The first-order chi connectivity index (χ1) is 12.5. The van der Waals surface area contributed by atoms with E-state index in [4.69, 9.17) is 4.74 Å². The molecule has 138 valence electrons. The van der Waals surface area contributed by atoms with E-state index in [-0.39, 0.29) is 17.5 Å². The molecule has 2 aliphatic rings. The van der Waals surface area contributed by atoms with Crippen LogP contribution >= 0.6 is 0 Å². The Labute approximate surface area is 152 Å². The minimum absolute atomic E-state index is 0.139. The van der Waals surface area contributed by atoms with Crippen molar-refractivity contribution in [2.24, 2.45) is 11.8 Å². The fourth-order valence-corrected chi connectivity index (χ4v) is 4.69. The Morgan fingerprint density at radius 2 is 1.96 bits per heavy atom. The third-order valence-corrected chi connectivity index (χ3v) is 6.02. The van der Waals surface area contributed by atoms with Gasteiger partial charge in [0.25, 0.3) is 0 Å². The molecule has 0 bridgehead atoms. The Bertz CT molecular complexity index is 794. The lowest BCUT2D eigenvalue weighted by atomic mass is 9.82. The van der Waals surface area contributed by atoms with Gasteiger partial charge in [-0.15, -0.1) is 0 Å². The lowest BCUT2D eigenvalue weighted by Gasteiger charge is -2.31. The van der Waals surface area contributed by atoms with Crippen LogP contribution in [0.4, 0.5) is 4.39 Å². The summed E-state index contributed by atoms with van der Waals surface area (Å²) < 4.78 is 18.4. The Morgan fingerprint density at radius 1 is 1.19 bits per heavy atom. The van der Waals surface area contributed by atoms with Crippen molar-refractivity contribution >= 4 is 0 Å². The highest BCUT2D eigenvalue weighted by atomic mass is 19.1. The van der Waals surface area contributed by atoms with Gasteiger partial charge in [-0.3, -0.25) is 4.90 Å². The van der Waals surface area contributed by atoms with E-state index in [2.05, 4.69) is 4.90 Å². The van der Waals surface area contributed by atoms with Crippen LogP contribution in [0.2, 0.25) is 0 Å². The number of aromatic hydroxyl groups is 1. The highest BCUT2D eigenvalue weighted by molar-refractivity contribution is 5.41. The summed E-state index contributed by atoms with van der Waals surface area (Å²) in [6, 6.07) is 11.7. The van der Waals surface area contributed by atoms with E-state index >= 15 is 0 Å². The average molecular weight is 357 g/mol. The number of phenolic OH excluding ortho intramolecular Hbond substituents is 1. The zero-order valence-corrected chi connectivity index (χ0v) is 14.9. The summed E-state index contributed by atoms with van der Waals surface area (Å²) in [5, 5.41) is 21.1. The van der Waals surface area contributed by atoms with Crippen molar-refractivity contribution in [2.45, 2.75) is 25.0 Å². The first kappa shape index (κ1) is 17.3. The summed E-state index contributed by atoms with van der Waals surface area (Å²) in [6.45, 7) is 2.50. The zero-order chi connectivity index (χ0) is 18.3. The van der Waals surface area contributed by atoms with Crippen molar-refractivity contribution in [2.75, 3.05) is 20.2 Å². The number of methoxy groups -OCH3 is 1. The number of fused-ring (bicyclic) bond motifs is 1. The molecule has 0 aromatic heterocycles. The quantitative estimate of drug-likeness (QED) is 0.882. The number of ether oxygens (including phenoxy) is 1. The van der Waals surface area contributed by atoms with Gasteiger partial charge in [0.1, 0.15) is 5.82 Å². The van der Waals surface area contributed by atoms with E-state index < -0.39 is 5.60 Å². The summed E-state index contributed by atoms with van der Waals surface area (Å²) in [7, 11) is 1.54. The van der Waals surface area contributed by atoms with Gasteiger partial charge in [-0.05, 0) is 54.2 Å². The molecule has 1 saturated heterocycles. The van der Waals surface area contributed by atoms with Gasteiger partial charge < -0.3 is 14.9 Å². The highest BCUT2D eigenvalue weighted by Gasteiger charge is 2.52. The Balaban J connectivity index is 1.50. The second-order valence-corrected chi connectivity index (χ2v) is 7.54. The lowest BCUT2D eigenvalue weighted by Crippen LogP contribution is -2.34. The van der Waals surface area contributed by atoms with Crippen LogP contribution < -0.4 is 4.74 Å². The van der Waals surface area contributed by atoms with Gasteiger partial charge in [0.15, 0.2) is 11.5 Å². The summed E-state index contributed by atoms with van der Waals surface area (Å²) in [5.74, 6) is 0.946. The maximum absolute atomic E-state index is 13.2. The van der Waals surface area contributed by atoms with E-state index in [9.17, 15) is 14.6 Å². The molecule has 1 aliphatic carbocycles. The molecule has 0 radical (unpaired) electrons. The van der Waals surface area contributed by atoms with E-state index in [1.165, 1.54) is 12.1 Å². The molecule has 1 heterocycles. The van der Waals surface area contributed by atoms with Crippen molar-refractivity contribution in [1.82, 2.24) is 4.90 Å². The first-order valence-corrected chi connectivity index (χ1v) is 9.06. The third-order valence-electron chi connectivity index (χ3n) is 6.02. The number of phenols is 1. The number of hydrogen-bond donors (Lipinski definition) is 2. The van der Waals surface area contributed by atoms with Crippen LogP contribution in [0.1, 0.15) is 24.0 Å². The van der Waals surface area contributed by atoms with E-state index in [1.54, 1.807) is 25.3 Å². The fraction of sp³-hybridized carbons (Fsp3) is 0.429. The van der Waals surface area contributed by atoms with Crippen LogP contribution in [0.5, 0.6) is 11.5 Å². The number of hydrogen-bond acceptors (Lipinski definition) is 4. The van der Waals surface area contributed by atoms with Crippen LogP contribution in [0.15, 0.2) is 42.5 Å². The van der Waals surface area contributed by atoms with Crippen LogP contribution in [-0.2, 0) is 12.1 Å². The first-order valence-electron chi connectivity index (χ1n) is 9.06. The number of benzene rings is 2. The van der Waals surface area contributed by atoms with Crippen LogP contribution in [0, 0.1) is 17.7 Å². The van der Waals surface area contributed by atoms with E-state index in [1.807, 2.05) is 12.1 Å². The predicted octanol–water partition coefficient (Wildman–Crippen LogP) is 3.27. The number of likely N-dealkylation sites (tertiary alicyclic amines) is 1. The highest BCUT2D eigenvalue weighted by Crippen LogP contribution is 2.50. The molecule has 2 aromatic carbocycles. The van der Waals surface area contributed by atoms with Gasteiger partial charge in [-0.2, -0.15) is 0 Å². The number of aliphatic hydroxyl groups is 1. The Hall–Kier alpha value is -2.11. The van der Waals surface area contributed by atoms with Crippen molar-refractivity contribution in [3.63, 3.8) is 0 Å².